The summed E-state index contributed by atoms with van der Waals surface area (Å²) in [6.07, 6.45) is 0.833. The lowest BCUT2D eigenvalue weighted by Crippen LogP contribution is -2.41. The molecule has 0 saturated carbocycles. The van der Waals surface area contributed by atoms with Gasteiger partial charge in [-0.25, -0.2) is 9.78 Å². The Balaban J connectivity index is 1.87. The van der Waals surface area contributed by atoms with Gasteiger partial charge in [0.1, 0.15) is 0 Å². The highest BCUT2D eigenvalue weighted by atomic mass is 32.2. The van der Waals surface area contributed by atoms with Gasteiger partial charge in [0, 0.05) is 6.54 Å². The smallest absolute Gasteiger partial charge is 0.321 e. The zero-order chi connectivity index (χ0) is 23.3. The average Bonchev–Trinajstić information content (AvgIpc) is 2.73. The van der Waals surface area contributed by atoms with Crippen LogP contribution in [0.15, 0.2) is 52.4 Å². The van der Waals surface area contributed by atoms with Gasteiger partial charge >= 0.3 is 6.03 Å². The third kappa shape index (κ3) is 5.56. The normalized spacial score (nSPS) is 11.0. The number of fused-ring (bicyclic) bond motifs is 1. The van der Waals surface area contributed by atoms with Gasteiger partial charge in [-0.1, -0.05) is 55.9 Å². The molecular formula is C24H28N4O3S. The molecule has 2 N–H and O–H groups in total. The van der Waals surface area contributed by atoms with Crippen molar-refractivity contribution in [1.82, 2.24) is 20.2 Å². The van der Waals surface area contributed by atoms with Crippen molar-refractivity contribution in [2.24, 2.45) is 5.92 Å². The number of thioether (sulfide) groups is 1. The lowest BCUT2D eigenvalue weighted by atomic mass is 10.1. The first-order valence-corrected chi connectivity index (χ1v) is 11.6. The quantitative estimate of drug-likeness (QED) is 0.418. The van der Waals surface area contributed by atoms with E-state index in [4.69, 9.17) is 0 Å². The van der Waals surface area contributed by atoms with Crippen LogP contribution in [0.2, 0.25) is 0 Å². The zero-order valence-corrected chi connectivity index (χ0v) is 19.6. The third-order valence-electron chi connectivity index (χ3n) is 5.00. The number of amides is 3. The number of aromatic nitrogens is 2. The number of rotatable bonds is 7. The number of imide groups is 1. The van der Waals surface area contributed by atoms with Gasteiger partial charge in [0.2, 0.25) is 5.91 Å². The van der Waals surface area contributed by atoms with Gasteiger partial charge in [-0.15, -0.1) is 0 Å². The second kappa shape index (κ2) is 10.5. The maximum Gasteiger partial charge on any atom is 0.321 e. The molecule has 0 aliphatic rings. The Labute approximate surface area is 191 Å². The van der Waals surface area contributed by atoms with E-state index in [0.717, 1.165) is 35.0 Å². The van der Waals surface area contributed by atoms with Crippen LogP contribution in [0.4, 0.5) is 4.79 Å². The first kappa shape index (κ1) is 23.5. The molecule has 1 heterocycles. The maximum absolute atomic E-state index is 13.4. The monoisotopic (exact) mass is 452 g/mol. The Kier molecular flexibility index (Phi) is 7.69. The molecule has 0 atom stereocenters. The molecule has 0 bridgehead atoms. The predicted octanol–water partition coefficient (Wildman–Crippen LogP) is 3.97. The number of para-hydroxylation sites is 2. The molecule has 8 heteroatoms. The van der Waals surface area contributed by atoms with Gasteiger partial charge in [-0.05, 0) is 49.4 Å². The largest absolute Gasteiger partial charge is 0.338 e. The van der Waals surface area contributed by atoms with Crippen molar-refractivity contribution in [3.63, 3.8) is 0 Å². The van der Waals surface area contributed by atoms with Crippen molar-refractivity contribution in [2.45, 2.75) is 39.3 Å². The molecule has 1 aromatic heterocycles. The number of nitrogens with zero attached hydrogens (tertiary/aromatic N) is 2. The summed E-state index contributed by atoms with van der Waals surface area (Å²) < 4.78 is 1.56. The number of nitrogens with one attached hydrogen (secondary N) is 2. The molecule has 3 aromatic rings. The van der Waals surface area contributed by atoms with Crippen LogP contribution >= 0.6 is 11.8 Å². The van der Waals surface area contributed by atoms with E-state index in [2.05, 4.69) is 29.5 Å². The van der Waals surface area contributed by atoms with Gasteiger partial charge in [0.25, 0.3) is 5.56 Å². The van der Waals surface area contributed by atoms with Crippen LogP contribution in [0.25, 0.3) is 16.6 Å². The van der Waals surface area contributed by atoms with Crippen molar-refractivity contribution in [1.29, 1.82) is 0 Å². The Morgan fingerprint density at radius 3 is 2.44 bits per heavy atom. The van der Waals surface area contributed by atoms with Crippen LogP contribution in [0.3, 0.4) is 0 Å². The second-order valence-corrected chi connectivity index (χ2v) is 9.01. The molecule has 0 radical (unpaired) electrons. The van der Waals surface area contributed by atoms with Gasteiger partial charge in [0.05, 0.1) is 22.3 Å². The van der Waals surface area contributed by atoms with Crippen molar-refractivity contribution >= 4 is 34.6 Å². The van der Waals surface area contributed by atoms with Gasteiger partial charge in [-0.3, -0.25) is 19.5 Å². The Morgan fingerprint density at radius 2 is 1.75 bits per heavy atom. The standard InChI is InChI=1S/C24H28N4O3S/c1-15(2)12-13-25-23(31)27-20(29)14-32-24-26-19-11-6-5-10-18(19)22(30)28(24)21-16(3)8-7-9-17(21)4/h5-11,15H,12-14H2,1-4H3,(H2,25,27,29,31). The lowest BCUT2D eigenvalue weighted by molar-refractivity contribution is -0.117. The maximum atomic E-state index is 13.4. The summed E-state index contributed by atoms with van der Waals surface area (Å²) in [5.41, 5.74) is 2.99. The first-order chi connectivity index (χ1) is 15.3. The minimum Gasteiger partial charge on any atom is -0.338 e. The van der Waals surface area contributed by atoms with Crippen LogP contribution in [-0.4, -0.2) is 33.8 Å². The van der Waals surface area contributed by atoms with Crippen molar-refractivity contribution in [2.75, 3.05) is 12.3 Å². The van der Waals surface area contributed by atoms with Gasteiger partial charge < -0.3 is 5.32 Å². The van der Waals surface area contributed by atoms with Crippen molar-refractivity contribution in [3.8, 4) is 5.69 Å². The fourth-order valence-corrected chi connectivity index (χ4v) is 4.17. The number of hydrogen-bond donors (Lipinski definition) is 2. The first-order valence-electron chi connectivity index (χ1n) is 10.6. The van der Waals surface area contributed by atoms with Crippen molar-refractivity contribution in [3.05, 3.63) is 63.9 Å². The van der Waals surface area contributed by atoms with E-state index in [1.807, 2.05) is 38.1 Å². The lowest BCUT2D eigenvalue weighted by Gasteiger charge is -2.17. The number of carbonyl (C=O) groups is 2. The molecule has 2 aromatic carbocycles. The molecular weight excluding hydrogens is 424 g/mol. The summed E-state index contributed by atoms with van der Waals surface area (Å²) in [7, 11) is 0. The van der Waals surface area contributed by atoms with Crippen LogP contribution < -0.4 is 16.2 Å². The SMILES string of the molecule is Cc1cccc(C)c1-n1c(SCC(=O)NC(=O)NCCC(C)C)nc2ccccc2c1=O. The third-order valence-corrected chi connectivity index (χ3v) is 5.94. The summed E-state index contributed by atoms with van der Waals surface area (Å²) in [4.78, 5) is 42.3. The number of urea groups is 1. The Bertz CT molecular complexity index is 1180. The molecule has 3 amide bonds. The van der Waals surface area contributed by atoms with Gasteiger partial charge in [0.15, 0.2) is 5.16 Å². The number of carbonyl (C=O) groups excluding carboxylic acids is 2. The summed E-state index contributed by atoms with van der Waals surface area (Å²) in [5, 5.41) is 5.92. The molecule has 0 aliphatic heterocycles. The predicted molar refractivity (Wildman–Crippen MR) is 129 cm³/mol. The van der Waals surface area contributed by atoms with Crippen LogP contribution in [0, 0.1) is 19.8 Å². The Hall–Kier alpha value is -3.13. The summed E-state index contributed by atoms with van der Waals surface area (Å²) in [5.74, 6) is -0.0393. The molecule has 32 heavy (non-hydrogen) atoms. The molecule has 0 unspecified atom stereocenters. The van der Waals surface area contributed by atoms with Crippen molar-refractivity contribution < 1.29 is 9.59 Å². The molecule has 7 nitrogen and oxygen atoms in total. The molecule has 0 spiro atoms. The van der Waals surface area contributed by atoms with E-state index >= 15 is 0 Å². The van der Waals surface area contributed by atoms with E-state index in [1.54, 1.807) is 22.8 Å². The second-order valence-electron chi connectivity index (χ2n) is 8.07. The Morgan fingerprint density at radius 1 is 1.06 bits per heavy atom. The molecule has 0 fully saturated rings. The summed E-state index contributed by atoms with van der Waals surface area (Å²) in [6, 6.07) is 12.4. The molecule has 168 valence electrons. The fraction of sp³-hybridized carbons (Fsp3) is 0.333. The minimum absolute atomic E-state index is 0.0483. The van der Waals surface area contributed by atoms with E-state index < -0.39 is 11.9 Å². The number of benzene rings is 2. The van der Waals surface area contributed by atoms with E-state index in [-0.39, 0.29) is 11.3 Å². The zero-order valence-electron chi connectivity index (χ0n) is 18.8. The van der Waals surface area contributed by atoms with E-state index in [1.165, 1.54) is 0 Å². The topological polar surface area (TPSA) is 93.1 Å². The van der Waals surface area contributed by atoms with Crippen LogP contribution in [0.5, 0.6) is 0 Å². The fourth-order valence-electron chi connectivity index (χ4n) is 3.38. The molecule has 0 aliphatic carbocycles. The van der Waals surface area contributed by atoms with Crippen LogP contribution in [0.1, 0.15) is 31.4 Å². The highest BCUT2D eigenvalue weighted by molar-refractivity contribution is 7.99. The molecule has 0 saturated heterocycles. The number of hydrogen-bond acceptors (Lipinski definition) is 5. The summed E-state index contributed by atoms with van der Waals surface area (Å²) >= 11 is 1.13. The highest BCUT2D eigenvalue weighted by Gasteiger charge is 2.18. The molecule has 3 rings (SSSR count). The van der Waals surface area contributed by atoms with Crippen LogP contribution in [-0.2, 0) is 4.79 Å². The van der Waals surface area contributed by atoms with E-state index in [9.17, 15) is 14.4 Å². The van der Waals surface area contributed by atoms with E-state index in [0.29, 0.717) is 28.5 Å². The van der Waals surface area contributed by atoms with Gasteiger partial charge in [-0.2, -0.15) is 0 Å². The number of aryl methyl sites for hydroxylation is 2. The highest BCUT2D eigenvalue weighted by Crippen LogP contribution is 2.25. The average molecular weight is 453 g/mol. The minimum atomic E-state index is -0.519. The summed E-state index contributed by atoms with van der Waals surface area (Å²) in [6.45, 7) is 8.50.